The van der Waals surface area contributed by atoms with Gasteiger partial charge < -0.3 is 4.74 Å². The number of benzene rings is 1. The number of aromatic nitrogens is 1. The van der Waals surface area contributed by atoms with E-state index in [4.69, 9.17) is 4.74 Å². The summed E-state index contributed by atoms with van der Waals surface area (Å²) in [5, 5.41) is 0. The zero-order chi connectivity index (χ0) is 12.1. The summed E-state index contributed by atoms with van der Waals surface area (Å²) >= 11 is 4.18. The Balaban J connectivity index is 1.99. The average molecular weight is 249 g/mol. The highest BCUT2D eigenvalue weighted by Crippen LogP contribution is 2.13. The van der Waals surface area contributed by atoms with Gasteiger partial charge in [-0.15, -0.1) is 0 Å². The lowest BCUT2D eigenvalue weighted by Gasteiger charge is -2.06. The largest absolute Gasteiger partial charge is 0.473 e. The van der Waals surface area contributed by atoms with Crippen LogP contribution in [-0.4, -0.2) is 4.98 Å². The van der Waals surface area contributed by atoms with Gasteiger partial charge in [-0.25, -0.2) is 9.37 Å². The standard InChI is InChI=1S/C13H12FNOS/c14-12-3-1-10(2-4-12)8-16-13-7-11(9-17)5-6-15-13/h1-7,17H,8-9H2. The molecular weight excluding hydrogens is 237 g/mol. The summed E-state index contributed by atoms with van der Waals surface area (Å²) in [6, 6.07) is 9.94. The molecule has 88 valence electrons. The topological polar surface area (TPSA) is 22.1 Å². The van der Waals surface area contributed by atoms with Crippen LogP contribution in [0.25, 0.3) is 0 Å². The molecule has 0 saturated carbocycles. The molecule has 2 rings (SSSR count). The lowest BCUT2D eigenvalue weighted by Crippen LogP contribution is -1.97. The van der Waals surface area contributed by atoms with Crippen molar-refractivity contribution in [3.8, 4) is 5.88 Å². The maximum Gasteiger partial charge on any atom is 0.213 e. The van der Waals surface area contributed by atoms with Crippen LogP contribution in [0, 0.1) is 5.82 Å². The van der Waals surface area contributed by atoms with Gasteiger partial charge in [0.25, 0.3) is 0 Å². The second kappa shape index (κ2) is 5.68. The van der Waals surface area contributed by atoms with Crippen LogP contribution in [0.1, 0.15) is 11.1 Å². The number of hydrogen-bond donors (Lipinski definition) is 1. The quantitative estimate of drug-likeness (QED) is 0.840. The smallest absolute Gasteiger partial charge is 0.213 e. The van der Waals surface area contributed by atoms with Crippen LogP contribution in [0.4, 0.5) is 4.39 Å². The first-order chi connectivity index (χ1) is 8.28. The third-order valence-corrected chi connectivity index (χ3v) is 2.65. The Morgan fingerprint density at radius 3 is 2.59 bits per heavy atom. The van der Waals surface area contributed by atoms with E-state index >= 15 is 0 Å². The van der Waals surface area contributed by atoms with E-state index in [2.05, 4.69) is 17.6 Å². The molecule has 0 atom stereocenters. The van der Waals surface area contributed by atoms with Crippen molar-refractivity contribution in [3.63, 3.8) is 0 Å². The Kier molecular flexibility index (Phi) is 3.98. The molecule has 0 radical (unpaired) electrons. The van der Waals surface area contributed by atoms with Crippen molar-refractivity contribution in [1.82, 2.24) is 4.98 Å². The second-order valence-electron chi connectivity index (χ2n) is 3.58. The summed E-state index contributed by atoms with van der Waals surface area (Å²) in [6.45, 7) is 0.378. The molecular formula is C13H12FNOS. The Bertz CT molecular complexity index is 487. The third kappa shape index (κ3) is 3.46. The molecule has 0 fully saturated rings. The molecule has 0 N–H and O–H groups in total. The van der Waals surface area contributed by atoms with Gasteiger partial charge in [0.1, 0.15) is 12.4 Å². The van der Waals surface area contributed by atoms with Crippen LogP contribution in [-0.2, 0) is 12.4 Å². The SMILES string of the molecule is Fc1ccc(COc2cc(CS)ccn2)cc1. The average Bonchev–Trinajstić information content (AvgIpc) is 2.38. The number of ether oxygens (including phenoxy) is 1. The lowest BCUT2D eigenvalue weighted by atomic mass is 10.2. The fraction of sp³-hybridized carbons (Fsp3) is 0.154. The molecule has 0 saturated heterocycles. The summed E-state index contributed by atoms with van der Waals surface area (Å²) in [4.78, 5) is 4.09. The number of thiol groups is 1. The first kappa shape index (κ1) is 11.9. The van der Waals surface area contributed by atoms with Crippen molar-refractivity contribution in [2.45, 2.75) is 12.4 Å². The van der Waals surface area contributed by atoms with E-state index in [9.17, 15) is 4.39 Å². The maximum atomic E-state index is 12.7. The van der Waals surface area contributed by atoms with E-state index in [0.29, 0.717) is 18.2 Å². The normalized spacial score (nSPS) is 10.2. The fourth-order valence-corrected chi connectivity index (χ4v) is 1.56. The molecule has 17 heavy (non-hydrogen) atoms. The monoisotopic (exact) mass is 249 g/mol. The van der Waals surface area contributed by atoms with Crippen molar-refractivity contribution >= 4 is 12.6 Å². The van der Waals surface area contributed by atoms with E-state index in [1.807, 2.05) is 12.1 Å². The fourth-order valence-electron chi connectivity index (χ4n) is 1.37. The van der Waals surface area contributed by atoms with Gasteiger partial charge in [0.15, 0.2) is 0 Å². The molecule has 0 bridgehead atoms. The van der Waals surface area contributed by atoms with Crippen LogP contribution >= 0.6 is 12.6 Å². The molecule has 0 aliphatic rings. The molecule has 0 spiro atoms. The zero-order valence-corrected chi connectivity index (χ0v) is 10.0. The molecule has 2 nitrogen and oxygen atoms in total. The summed E-state index contributed by atoms with van der Waals surface area (Å²) in [7, 11) is 0. The molecule has 0 aliphatic heterocycles. The van der Waals surface area contributed by atoms with Crippen LogP contribution in [0.3, 0.4) is 0 Å². The number of rotatable bonds is 4. The summed E-state index contributed by atoms with van der Waals surface area (Å²) in [6.07, 6.45) is 1.69. The highest BCUT2D eigenvalue weighted by atomic mass is 32.1. The van der Waals surface area contributed by atoms with Crippen LogP contribution < -0.4 is 4.74 Å². The molecule has 0 unspecified atom stereocenters. The van der Waals surface area contributed by atoms with E-state index in [-0.39, 0.29) is 5.82 Å². The van der Waals surface area contributed by atoms with E-state index in [1.165, 1.54) is 12.1 Å². The van der Waals surface area contributed by atoms with Crippen molar-refractivity contribution in [2.24, 2.45) is 0 Å². The van der Waals surface area contributed by atoms with Crippen molar-refractivity contribution < 1.29 is 9.13 Å². The van der Waals surface area contributed by atoms with Gasteiger partial charge in [0.05, 0.1) is 0 Å². The van der Waals surface area contributed by atoms with Crippen LogP contribution in [0.2, 0.25) is 0 Å². The predicted molar refractivity (Wildman–Crippen MR) is 67.7 cm³/mol. The summed E-state index contributed by atoms with van der Waals surface area (Å²) < 4.78 is 18.2. The first-order valence-corrected chi connectivity index (χ1v) is 5.84. The highest BCUT2D eigenvalue weighted by molar-refractivity contribution is 7.79. The lowest BCUT2D eigenvalue weighted by molar-refractivity contribution is 0.293. The van der Waals surface area contributed by atoms with Crippen LogP contribution in [0.15, 0.2) is 42.6 Å². The second-order valence-corrected chi connectivity index (χ2v) is 3.89. The zero-order valence-electron chi connectivity index (χ0n) is 9.14. The molecule has 1 aromatic heterocycles. The summed E-state index contributed by atoms with van der Waals surface area (Å²) in [5.74, 6) is 0.958. The minimum atomic E-state index is -0.246. The highest BCUT2D eigenvalue weighted by Gasteiger charge is 1.99. The predicted octanol–water partition coefficient (Wildman–Crippen LogP) is 3.23. The molecule has 0 amide bonds. The van der Waals surface area contributed by atoms with Gasteiger partial charge in [-0.3, -0.25) is 0 Å². The van der Waals surface area contributed by atoms with E-state index in [1.54, 1.807) is 18.3 Å². The number of hydrogen-bond acceptors (Lipinski definition) is 3. The Labute approximate surface area is 105 Å². The van der Waals surface area contributed by atoms with Gasteiger partial charge in [0.2, 0.25) is 5.88 Å². The van der Waals surface area contributed by atoms with Gasteiger partial charge in [0, 0.05) is 18.0 Å². The molecule has 0 aliphatic carbocycles. The van der Waals surface area contributed by atoms with E-state index < -0.39 is 0 Å². The van der Waals surface area contributed by atoms with Gasteiger partial charge in [-0.1, -0.05) is 12.1 Å². The molecule has 4 heteroatoms. The number of nitrogens with zero attached hydrogens (tertiary/aromatic N) is 1. The van der Waals surface area contributed by atoms with Gasteiger partial charge in [-0.05, 0) is 29.3 Å². The Morgan fingerprint density at radius 2 is 1.88 bits per heavy atom. The number of halogens is 1. The van der Waals surface area contributed by atoms with Gasteiger partial charge in [-0.2, -0.15) is 12.6 Å². The van der Waals surface area contributed by atoms with Crippen molar-refractivity contribution in [1.29, 1.82) is 0 Å². The molecule has 1 aromatic carbocycles. The van der Waals surface area contributed by atoms with Crippen LogP contribution in [0.5, 0.6) is 5.88 Å². The molecule has 1 heterocycles. The van der Waals surface area contributed by atoms with Crippen molar-refractivity contribution in [2.75, 3.05) is 0 Å². The maximum absolute atomic E-state index is 12.7. The third-order valence-electron chi connectivity index (χ3n) is 2.28. The molecule has 2 aromatic rings. The van der Waals surface area contributed by atoms with Crippen molar-refractivity contribution in [3.05, 3.63) is 59.5 Å². The first-order valence-electron chi connectivity index (χ1n) is 5.21. The summed E-state index contributed by atoms with van der Waals surface area (Å²) in [5.41, 5.74) is 1.96. The minimum Gasteiger partial charge on any atom is -0.473 e. The Morgan fingerprint density at radius 1 is 1.12 bits per heavy atom. The minimum absolute atomic E-state index is 0.246. The number of pyridine rings is 1. The van der Waals surface area contributed by atoms with Gasteiger partial charge >= 0.3 is 0 Å². The Hall–Kier alpha value is -1.55. The van der Waals surface area contributed by atoms with E-state index in [0.717, 1.165) is 11.1 Å².